The highest BCUT2D eigenvalue weighted by atomic mass is 16.2. The summed E-state index contributed by atoms with van der Waals surface area (Å²) in [7, 11) is 0. The summed E-state index contributed by atoms with van der Waals surface area (Å²) in [6, 6.07) is 8.10. The Hall–Kier alpha value is -2.84. The molecule has 0 saturated heterocycles. The molecule has 0 fully saturated rings. The lowest BCUT2D eigenvalue weighted by atomic mass is 10.1. The van der Waals surface area contributed by atoms with Crippen molar-refractivity contribution in [1.29, 1.82) is 0 Å². The molecule has 21 heavy (non-hydrogen) atoms. The van der Waals surface area contributed by atoms with E-state index in [1.54, 1.807) is 12.1 Å². The maximum absolute atomic E-state index is 12.0. The number of carbonyl (C=O) groups is 1. The third-order valence-electron chi connectivity index (χ3n) is 2.83. The molecule has 1 aromatic carbocycles. The van der Waals surface area contributed by atoms with Crippen molar-refractivity contribution in [3.8, 4) is 11.8 Å². The number of aryl methyl sites for hydroxylation is 1. The number of anilines is 1. The highest BCUT2D eigenvalue weighted by Crippen LogP contribution is 2.17. The van der Waals surface area contributed by atoms with Gasteiger partial charge in [0.2, 0.25) is 5.56 Å². The van der Waals surface area contributed by atoms with E-state index in [9.17, 15) is 9.59 Å². The molecule has 3 N–H and O–H groups in total. The molecule has 0 bridgehead atoms. The minimum Gasteiger partial charge on any atom is -0.384 e. The first kappa shape index (κ1) is 14.6. The number of hydrogen-bond acceptors (Lipinski definition) is 3. The first-order valence-corrected chi connectivity index (χ1v) is 6.30. The van der Waals surface area contributed by atoms with Crippen molar-refractivity contribution in [1.82, 2.24) is 4.98 Å². The molecule has 106 valence electrons. The van der Waals surface area contributed by atoms with Crippen LogP contribution in [-0.2, 0) is 0 Å². The number of aliphatic hydroxyl groups is 1. The van der Waals surface area contributed by atoms with Crippen molar-refractivity contribution < 1.29 is 9.90 Å². The molecular weight excluding hydrogens is 268 g/mol. The van der Waals surface area contributed by atoms with Gasteiger partial charge in [-0.05, 0) is 36.8 Å². The van der Waals surface area contributed by atoms with Crippen molar-refractivity contribution in [2.24, 2.45) is 0 Å². The average molecular weight is 282 g/mol. The average Bonchev–Trinajstić information content (AvgIpc) is 2.48. The third-order valence-corrected chi connectivity index (χ3v) is 2.83. The Morgan fingerprint density at radius 2 is 2.14 bits per heavy atom. The predicted molar refractivity (Wildman–Crippen MR) is 80.2 cm³/mol. The number of nitrogens with one attached hydrogen (secondary N) is 2. The Balaban J connectivity index is 2.17. The summed E-state index contributed by atoms with van der Waals surface area (Å²) in [5.74, 6) is 5.07. The van der Waals surface area contributed by atoms with E-state index in [1.807, 2.05) is 13.0 Å². The van der Waals surface area contributed by atoms with Crippen LogP contribution in [0.25, 0.3) is 0 Å². The van der Waals surface area contributed by atoms with Gasteiger partial charge in [0, 0.05) is 23.5 Å². The highest BCUT2D eigenvalue weighted by molar-refractivity contribution is 6.04. The quantitative estimate of drug-likeness (QED) is 0.726. The maximum Gasteiger partial charge on any atom is 0.257 e. The zero-order chi connectivity index (χ0) is 15.2. The number of H-pyrrole nitrogens is 1. The monoisotopic (exact) mass is 282 g/mol. The number of aromatic nitrogens is 1. The van der Waals surface area contributed by atoms with Gasteiger partial charge >= 0.3 is 0 Å². The van der Waals surface area contributed by atoms with E-state index in [2.05, 4.69) is 22.1 Å². The Kier molecular flexibility index (Phi) is 4.54. The molecule has 0 aliphatic heterocycles. The van der Waals surface area contributed by atoms with Gasteiger partial charge in [0.1, 0.15) is 6.61 Å². The zero-order valence-electron chi connectivity index (χ0n) is 11.4. The number of rotatable bonds is 2. The molecule has 0 atom stereocenters. The van der Waals surface area contributed by atoms with Crippen molar-refractivity contribution in [2.45, 2.75) is 6.92 Å². The van der Waals surface area contributed by atoms with Gasteiger partial charge in [-0.15, -0.1) is 0 Å². The fourth-order valence-corrected chi connectivity index (χ4v) is 1.77. The Bertz CT molecular complexity index is 762. The topological polar surface area (TPSA) is 82.2 Å². The standard InChI is InChI=1S/C16H14N2O3/c1-11-9-12(3-2-8-19)4-6-14(11)18-16(21)13-5-7-15(20)17-10-13/h4-7,9-10,19H,8H2,1H3,(H,17,20)(H,18,21). The lowest BCUT2D eigenvalue weighted by Gasteiger charge is -2.08. The smallest absolute Gasteiger partial charge is 0.257 e. The second-order valence-electron chi connectivity index (χ2n) is 4.39. The summed E-state index contributed by atoms with van der Waals surface area (Å²) in [6.45, 7) is 1.66. The van der Waals surface area contributed by atoms with Crippen LogP contribution in [0.3, 0.4) is 0 Å². The minimum absolute atomic E-state index is 0.191. The van der Waals surface area contributed by atoms with Crippen molar-refractivity contribution in [3.63, 3.8) is 0 Å². The summed E-state index contributed by atoms with van der Waals surface area (Å²) < 4.78 is 0. The van der Waals surface area contributed by atoms with E-state index >= 15 is 0 Å². The van der Waals surface area contributed by atoms with Gasteiger partial charge in [0.25, 0.3) is 5.91 Å². The number of benzene rings is 1. The largest absolute Gasteiger partial charge is 0.384 e. The van der Waals surface area contributed by atoms with E-state index < -0.39 is 0 Å². The Morgan fingerprint density at radius 3 is 2.76 bits per heavy atom. The fourth-order valence-electron chi connectivity index (χ4n) is 1.77. The van der Waals surface area contributed by atoms with Crippen molar-refractivity contribution in [3.05, 3.63) is 63.6 Å². The van der Waals surface area contributed by atoms with Crippen LogP contribution in [0, 0.1) is 18.8 Å². The molecule has 2 aromatic rings. The predicted octanol–water partition coefficient (Wildman–Crippen LogP) is 1.28. The molecular formula is C16H14N2O3. The minimum atomic E-state index is -0.302. The van der Waals surface area contributed by atoms with Gasteiger partial charge in [0.05, 0.1) is 5.56 Å². The van der Waals surface area contributed by atoms with E-state index in [1.165, 1.54) is 18.3 Å². The second-order valence-corrected chi connectivity index (χ2v) is 4.39. The van der Waals surface area contributed by atoms with Gasteiger partial charge in [-0.25, -0.2) is 0 Å². The molecule has 1 aromatic heterocycles. The molecule has 5 heteroatoms. The molecule has 0 spiro atoms. The van der Waals surface area contributed by atoms with Crippen LogP contribution in [0.2, 0.25) is 0 Å². The summed E-state index contributed by atoms with van der Waals surface area (Å²) in [6.07, 6.45) is 1.37. The van der Waals surface area contributed by atoms with Gasteiger partial charge in [-0.2, -0.15) is 0 Å². The van der Waals surface area contributed by atoms with Crippen LogP contribution in [0.5, 0.6) is 0 Å². The number of hydrogen-bond donors (Lipinski definition) is 3. The summed E-state index contributed by atoms with van der Waals surface area (Å²) in [5.41, 5.74) is 2.41. The summed E-state index contributed by atoms with van der Waals surface area (Å²) in [5, 5.41) is 11.4. The lowest BCUT2D eigenvalue weighted by Crippen LogP contribution is -2.15. The second kappa shape index (κ2) is 6.55. The molecule has 0 radical (unpaired) electrons. The number of carbonyl (C=O) groups excluding carboxylic acids is 1. The van der Waals surface area contributed by atoms with Gasteiger partial charge < -0.3 is 15.4 Å². The maximum atomic E-state index is 12.0. The Morgan fingerprint density at radius 1 is 1.33 bits per heavy atom. The number of pyridine rings is 1. The van der Waals surface area contributed by atoms with Crippen LogP contribution >= 0.6 is 0 Å². The third kappa shape index (κ3) is 3.81. The Labute approximate surface area is 121 Å². The molecule has 5 nitrogen and oxygen atoms in total. The fraction of sp³-hybridized carbons (Fsp3) is 0.125. The van der Waals surface area contributed by atoms with E-state index in [4.69, 9.17) is 5.11 Å². The van der Waals surface area contributed by atoms with Gasteiger partial charge in [0.15, 0.2) is 0 Å². The van der Waals surface area contributed by atoms with Crippen molar-refractivity contribution >= 4 is 11.6 Å². The molecule has 0 unspecified atom stereocenters. The number of amides is 1. The molecule has 2 rings (SSSR count). The van der Waals surface area contributed by atoms with Gasteiger partial charge in [-0.1, -0.05) is 11.8 Å². The molecule has 1 heterocycles. The normalized spacial score (nSPS) is 9.62. The number of aromatic amines is 1. The molecule has 0 aliphatic carbocycles. The summed E-state index contributed by atoms with van der Waals surface area (Å²) >= 11 is 0. The van der Waals surface area contributed by atoms with E-state index in [0.717, 1.165) is 11.1 Å². The number of aliphatic hydroxyl groups excluding tert-OH is 1. The van der Waals surface area contributed by atoms with Crippen LogP contribution in [0.4, 0.5) is 5.69 Å². The van der Waals surface area contributed by atoms with Crippen LogP contribution in [0.15, 0.2) is 41.3 Å². The first-order chi connectivity index (χ1) is 10.1. The zero-order valence-corrected chi connectivity index (χ0v) is 11.4. The van der Waals surface area contributed by atoms with Gasteiger partial charge in [-0.3, -0.25) is 9.59 Å². The van der Waals surface area contributed by atoms with E-state index in [0.29, 0.717) is 11.3 Å². The van der Waals surface area contributed by atoms with Crippen LogP contribution in [-0.4, -0.2) is 22.6 Å². The molecule has 1 amide bonds. The van der Waals surface area contributed by atoms with Crippen molar-refractivity contribution in [2.75, 3.05) is 11.9 Å². The molecule has 0 aliphatic rings. The molecule has 0 saturated carbocycles. The SMILES string of the molecule is Cc1cc(C#CCO)ccc1NC(=O)c1ccc(=O)[nH]c1. The van der Waals surface area contributed by atoms with Crippen LogP contribution in [0.1, 0.15) is 21.5 Å². The lowest BCUT2D eigenvalue weighted by molar-refractivity contribution is 0.102. The highest BCUT2D eigenvalue weighted by Gasteiger charge is 2.07. The van der Waals surface area contributed by atoms with E-state index in [-0.39, 0.29) is 18.1 Å². The first-order valence-electron chi connectivity index (χ1n) is 6.30. The summed E-state index contributed by atoms with van der Waals surface area (Å²) in [4.78, 5) is 25.5. The van der Waals surface area contributed by atoms with Crippen LogP contribution < -0.4 is 10.9 Å².